The number of aliphatic hydroxyl groups excluding tert-OH is 1. The van der Waals surface area contributed by atoms with Gasteiger partial charge in [0.15, 0.2) is 5.65 Å². The van der Waals surface area contributed by atoms with Gasteiger partial charge in [-0.15, -0.1) is 0 Å². The normalized spacial score (nSPS) is 18.7. The molecule has 1 unspecified atom stereocenters. The summed E-state index contributed by atoms with van der Waals surface area (Å²) < 4.78 is 1.94. The number of fused-ring (bicyclic) bond motifs is 1. The minimum absolute atomic E-state index is 0.0173. The van der Waals surface area contributed by atoms with Crippen LogP contribution < -0.4 is 0 Å². The molecule has 1 aromatic carbocycles. The molecule has 1 N–H and O–H groups in total. The summed E-state index contributed by atoms with van der Waals surface area (Å²) in [5.74, 6) is 0.439. The maximum Gasteiger partial charge on any atom is 0.161 e. The highest BCUT2D eigenvalue weighted by Gasteiger charge is 2.24. The van der Waals surface area contributed by atoms with Crippen LogP contribution in [0.3, 0.4) is 0 Å². The lowest BCUT2D eigenvalue weighted by Crippen LogP contribution is -2.34. The van der Waals surface area contributed by atoms with E-state index in [9.17, 15) is 5.11 Å². The second kappa shape index (κ2) is 6.94. The maximum absolute atomic E-state index is 9.61. The van der Waals surface area contributed by atoms with Crippen LogP contribution in [-0.4, -0.2) is 37.7 Å². The van der Waals surface area contributed by atoms with E-state index in [0.29, 0.717) is 5.92 Å². The van der Waals surface area contributed by atoms with E-state index in [0.717, 1.165) is 43.0 Å². The molecular formula is C20H24N4O. The van der Waals surface area contributed by atoms with Gasteiger partial charge in [0, 0.05) is 30.8 Å². The van der Waals surface area contributed by atoms with Crippen molar-refractivity contribution in [2.45, 2.75) is 38.8 Å². The molecule has 1 aliphatic rings. The fourth-order valence-electron chi connectivity index (χ4n) is 3.89. The first kappa shape index (κ1) is 16.2. The fourth-order valence-corrected chi connectivity index (χ4v) is 3.89. The van der Waals surface area contributed by atoms with Gasteiger partial charge in [-0.05, 0) is 37.9 Å². The van der Waals surface area contributed by atoms with Crippen LogP contribution in [0.1, 0.15) is 41.3 Å². The number of nitrogens with zero attached hydrogens (tertiary/aromatic N) is 4. The Balaban J connectivity index is 1.60. The van der Waals surface area contributed by atoms with E-state index in [4.69, 9.17) is 0 Å². The second-order valence-electron chi connectivity index (χ2n) is 6.89. The summed E-state index contributed by atoms with van der Waals surface area (Å²) in [7, 11) is 0. The molecule has 1 atom stereocenters. The van der Waals surface area contributed by atoms with Gasteiger partial charge in [0.05, 0.1) is 18.0 Å². The monoisotopic (exact) mass is 336 g/mol. The number of aryl methyl sites for hydroxylation is 1. The summed E-state index contributed by atoms with van der Waals surface area (Å²) in [4.78, 5) is 6.97. The summed E-state index contributed by atoms with van der Waals surface area (Å²) in [5.41, 5.74) is 5.04. The van der Waals surface area contributed by atoms with Crippen molar-refractivity contribution in [2.24, 2.45) is 0 Å². The summed E-state index contributed by atoms with van der Waals surface area (Å²) in [6.45, 7) is 5.08. The van der Waals surface area contributed by atoms with Crippen LogP contribution in [-0.2, 0) is 13.2 Å². The van der Waals surface area contributed by atoms with Crippen molar-refractivity contribution in [3.8, 4) is 0 Å². The van der Waals surface area contributed by atoms with Gasteiger partial charge in [0.2, 0.25) is 0 Å². The molecule has 25 heavy (non-hydrogen) atoms. The molecule has 3 heterocycles. The smallest absolute Gasteiger partial charge is 0.161 e. The standard InChI is InChI=1S/C20H24N4O/c1-15-18(14-25)20-21-10-9-19(24(20)22-15)17-8-5-11-23(13-17)12-16-6-3-2-4-7-16/h2-4,6-7,9-10,17,25H,5,8,11-14H2,1H3. The molecule has 3 aromatic rings. The molecule has 2 aromatic heterocycles. The van der Waals surface area contributed by atoms with Crippen molar-refractivity contribution in [2.75, 3.05) is 13.1 Å². The molecule has 5 heteroatoms. The Labute approximate surface area is 147 Å². The maximum atomic E-state index is 9.61. The van der Waals surface area contributed by atoms with Crippen LogP contribution in [0.25, 0.3) is 5.65 Å². The van der Waals surface area contributed by atoms with Gasteiger partial charge in [-0.2, -0.15) is 5.10 Å². The molecule has 0 spiro atoms. The number of hydrogen-bond acceptors (Lipinski definition) is 4. The van der Waals surface area contributed by atoms with Crippen LogP contribution in [0.2, 0.25) is 0 Å². The zero-order chi connectivity index (χ0) is 17.2. The van der Waals surface area contributed by atoms with Gasteiger partial charge in [0.25, 0.3) is 0 Å². The number of benzene rings is 1. The van der Waals surface area contributed by atoms with Crippen LogP contribution in [0, 0.1) is 6.92 Å². The Morgan fingerprint density at radius 1 is 1.20 bits per heavy atom. The minimum atomic E-state index is -0.0173. The third kappa shape index (κ3) is 3.17. The first-order valence-electron chi connectivity index (χ1n) is 8.96. The summed E-state index contributed by atoms with van der Waals surface area (Å²) in [6.07, 6.45) is 4.20. The third-order valence-corrected chi connectivity index (χ3v) is 5.17. The molecule has 0 aliphatic carbocycles. The van der Waals surface area contributed by atoms with E-state index in [1.165, 1.54) is 17.7 Å². The molecule has 1 fully saturated rings. The molecule has 130 valence electrons. The molecule has 0 amide bonds. The Bertz CT molecular complexity index is 859. The molecule has 4 rings (SSSR count). The summed E-state index contributed by atoms with van der Waals surface area (Å²) >= 11 is 0. The van der Waals surface area contributed by atoms with Crippen molar-refractivity contribution in [3.63, 3.8) is 0 Å². The van der Waals surface area contributed by atoms with Crippen LogP contribution in [0.4, 0.5) is 0 Å². The lowest BCUT2D eigenvalue weighted by Gasteiger charge is -2.33. The van der Waals surface area contributed by atoms with E-state index in [2.05, 4.69) is 51.4 Å². The van der Waals surface area contributed by atoms with E-state index in [1.807, 2.05) is 17.6 Å². The van der Waals surface area contributed by atoms with Crippen LogP contribution in [0.5, 0.6) is 0 Å². The van der Waals surface area contributed by atoms with Crippen molar-refractivity contribution in [1.29, 1.82) is 0 Å². The fraction of sp³-hybridized carbons (Fsp3) is 0.400. The number of hydrogen-bond donors (Lipinski definition) is 1. The lowest BCUT2D eigenvalue weighted by atomic mass is 9.94. The first-order valence-corrected chi connectivity index (χ1v) is 8.96. The highest BCUT2D eigenvalue weighted by molar-refractivity contribution is 5.50. The van der Waals surface area contributed by atoms with Crippen molar-refractivity contribution in [1.82, 2.24) is 19.5 Å². The summed E-state index contributed by atoms with van der Waals surface area (Å²) in [5, 5.41) is 14.3. The van der Waals surface area contributed by atoms with Crippen LogP contribution in [0.15, 0.2) is 42.6 Å². The predicted octanol–water partition coefficient (Wildman–Crippen LogP) is 2.91. The summed E-state index contributed by atoms with van der Waals surface area (Å²) in [6, 6.07) is 12.7. The SMILES string of the molecule is Cc1nn2c(C3CCCN(Cc4ccccc4)C3)ccnc2c1CO. The minimum Gasteiger partial charge on any atom is -0.391 e. The van der Waals surface area contributed by atoms with Gasteiger partial charge in [-0.25, -0.2) is 9.50 Å². The Morgan fingerprint density at radius 2 is 2.04 bits per heavy atom. The number of piperidine rings is 1. The number of likely N-dealkylation sites (tertiary alicyclic amines) is 1. The quantitative estimate of drug-likeness (QED) is 0.796. The van der Waals surface area contributed by atoms with Crippen molar-refractivity contribution >= 4 is 5.65 Å². The Hall–Kier alpha value is -2.24. The van der Waals surface area contributed by atoms with Gasteiger partial charge >= 0.3 is 0 Å². The molecule has 0 bridgehead atoms. The Morgan fingerprint density at radius 3 is 2.84 bits per heavy atom. The lowest BCUT2D eigenvalue weighted by molar-refractivity contribution is 0.197. The zero-order valence-corrected chi connectivity index (χ0v) is 14.6. The van der Waals surface area contributed by atoms with Gasteiger partial charge in [-0.1, -0.05) is 30.3 Å². The average molecular weight is 336 g/mol. The van der Waals surface area contributed by atoms with E-state index in [1.54, 1.807) is 0 Å². The number of aliphatic hydroxyl groups is 1. The topological polar surface area (TPSA) is 53.7 Å². The van der Waals surface area contributed by atoms with Gasteiger partial charge in [0.1, 0.15) is 0 Å². The number of aromatic nitrogens is 3. The molecule has 0 radical (unpaired) electrons. The van der Waals surface area contributed by atoms with E-state index >= 15 is 0 Å². The Kier molecular flexibility index (Phi) is 4.51. The molecule has 1 aliphatic heterocycles. The van der Waals surface area contributed by atoms with Gasteiger partial charge < -0.3 is 5.11 Å². The molecule has 1 saturated heterocycles. The van der Waals surface area contributed by atoms with Crippen molar-refractivity contribution in [3.05, 3.63) is 65.1 Å². The second-order valence-corrected chi connectivity index (χ2v) is 6.89. The predicted molar refractivity (Wildman–Crippen MR) is 97.3 cm³/mol. The third-order valence-electron chi connectivity index (χ3n) is 5.17. The highest BCUT2D eigenvalue weighted by Crippen LogP contribution is 2.28. The van der Waals surface area contributed by atoms with Crippen LogP contribution >= 0.6 is 0 Å². The van der Waals surface area contributed by atoms with Gasteiger partial charge in [-0.3, -0.25) is 4.90 Å². The number of rotatable bonds is 4. The largest absolute Gasteiger partial charge is 0.391 e. The molecule has 0 saturated carbocycles. The highest BCUT2D eigenvalue weighted by atomic mass is 16.3. The van der Waals surface area contributed by atoms with E-state index in [-0.39, 0.29) is 6.61 Å². The molecule has 5 nitrogen and oxygen atoms in total. The average Bonchev–Trinajstić information content (AvgIpc) is 2.97. The zero-order valence-electron chi connectivity index (χ0n) is 14.6. The van der Waals surface area contributed by atoms with E-state index < -0.39 is 0 Å². The first-order chi connectivity index (χ1) is 12.3. The van der Waals surface area contributed by atoms with Crippen molar-refractivity contribution < 1.29 is 5.11 Å². The molecular weight excluding hydrogens is 312 g/mol.